The van der Waals surface area contributed by atoms with Gasteiger partial charge in [-0.2, -0.15) is 0 Å². The molecule has 36 heavy (non-hydrogen) atoms. The molecule has 1 aromatic heterocycles. The number of aryl methyl sites for hydroxylation is 2. The number of carbonyl (C=O) groups excluding carboxylic acids is 1. The Bertz CT molecular complexity index is 1270. The van der Waals surface area contributed by atoms with Crippen LogP contribution >= 0.6 is 0 Å². The van der Waals surface area contributed by atoms with Crippen LogP contribution in [0.15, 0.2) is 48.8 Å². The normalized spacial score (nSPS) is 18.1. The van der Waals surface area contributed by atoms with Gasteiger partial charge in [-0.05, 0) is 78.5 Å². The van der Waals surface area contributed by atoms with E-state index in [2.05, 4.69) is 28.2 Å². The molecule has 1 amide bonds. The highest BCUT2D eigenvalue weighted by Gasteiger charge is 2.25. The van der Waals surface area contributed by atoms with Gasteiger partial charge < -0.3 is 14.7 Å². The first-order valence-electron chi connectivity index (χ1n) is 12.6. The van der Waals surface area contributed by atoms with Crippen molar-refractivity contribution < 1.29 is 19.4 Å². The summed E-state index contributed by atoms with van der Waals surface area (Å²) in [5.74, 6) is -1.24. The van der Waals surface area contributed by atoms with Gasteiger partial charge in [0.1, 0.15) is 0 Å². The maximum atomic E-state index is 13.5. The van der Waals surface area contributed by atoms with E-state index in [0.717, 1.165) is 59.9 Å². The van der Waals surface area contributed by atoms with Gasteiger partial charge in [0.15, 0.2) is 0 Å². The van der Waals surface area contributed by atoms with Gasteiger partial charge >= 0.3 is 12.0 Å². The molecule has 7 heteroatoms. The number of hydrogen-bond donors (Lipinski definition) is 1. The summed E-state index contributed by atoms with van der Waals surface area (Å²) in [5, 5.41) is 9.62. The number of hydrogen-bond acceptors (Lipinski definition) is 5. The quantitative estimate of drug-likeness (QED) is 0.566. The number of benzene rings is 2. The van der Waals surface area contributed by atoms with Crippen molar-refractivity contribution in [1.82, 2.24) is 14.9 Å². The average Bonchev–Trinajstić information content (AvgIpc) is 2.88. The highest BCUT2D eigenvalue weighted by atomic mass is 16.5. The fraction of sp³-hybridized carbons (Fsp3) is 0.379. The number of ether oxygens (including phenoxy) is 1. The Balaban J connectivity index is 1.51. The lowest BCUT2D eigenvalue weighted by atomic mass is 9.86. The number of carbonyl (C=O) groups is 2. The Hall–Kier alpha value is -3.74. The van der Waals surface area contributed by atoms with Crippen LogP contribution in [-0.2, 0) is 24.2 Å². The number of aliphatic carboxylic acids is 1. The van der Waals surface area contributed by atoms with Crippen LogP contribution in [0.1, 0.15) is 75.3 Å². The lowest BCUT2D eigenvalue weighted by Gasteiger charge is -2.30. The number of carboxylic acids is 1. The zero-order valence-electron chi connectivity index (χ0n) is 20.6. The van der Waals surface area contributed by atoms with Gasteiger partial charge in [-0.25, -0.2) is 9.97 Å². The van der Waals surface area contributed by atoms with Crippen molar-refractivity contribution in [3.05, 3.63) is 87.7 Å². The summed E-state index contributed by atoms with van der Waals surface area (Å²) >= 11 is 0. The largest absolute Gasteiger partial charge is 0.481 e. The lowest BCUT2D eigenvalue weighted by Crippen LogP contribution is -2.36. The zero-order valence-corrected chi connectivity index (χ0v) is 20.6. The molecule has 186 valence electrons. The highest BCUT2D eigenvalue weighted by Crippen LogP contribution is 2.31. The molecule has 1 atom stereocenters. The number of rotatable bonds is 2. The Morgan fingerprint density at radius 3 is 2.64 bits per heavy atom. The van der Waals surface area contributed by atoms with E-state index in [0.29, 0.717) is 25.7 Å². The van der Waals surface area contributed by atoms with Crippen LogP contribution in [0.3, 0.4) is 0 Å². The second-order valence-electron chi connectivity index (χ2n) is 9.76. The van der Waals surface area contributed by atoms with E-state index < -0.39 is 11.9 Å². The van der Waals surface area contributed by atoms with Gasteiger partial charge in [-0.3, -0.25) is 9.59 Å². The van der Waals surface area contributed by atoms with Crippen molar-refractivity contribution in [2.24, 2.45) is 0 Å². The summed E-state index contributed by atoms with van der Waals surface area (Å²) in [6.07, 6.45) is 7.95. The fourth-order valence-electron chi connectivity index (χ4n) is 5.21. The third-order valence-corrected chi connectivity index (χ3v) is 7.22. The summed E-state index contributed by atoms with van der Waals surface area (Å²) in [7, 11) is 0. The summed E-state index contributed by atoms with van der Waals surface area (Å²) in [5.41, 5.74) is 6.87. The van der Waals surface area contributed by atoms with Gasteiger partial charge in [-0.15, -0.1) is 0 Å². The number of nitrogens with zero attached hydrogens (tertiary/aromatic N) is 3. The van der Waals surface area contributed by atoms with Gasteiger partial charge in [0, 0.05) is 37.0 Å². The SMILES string of the molecule is Cc1cc2ccc1C(=O)N1CCc3ccc(cc3C1)C(CC(=O)O)c1cnc(nc1)OCCCCC2. The maximum Gasteiger partial charge on any atom is 0.316 e. The average molecular weight is 486 g/mol. The van der Waals surface area contributed by atoms with E-state index in [1.165, 1.54) is 11.1 Å². The first-order chi connectivity index (χ1) is 17.5. The molecule has 6 heterocycles. The molecule has 0 spiro atoms. The number of amides is 1. The molecule has 1 N–H and O–H groups in total. The molecule has 0 radical (unpaired) electrons. The van der Waals surface area contributed by atoms with Gasteiger partial charge in [-0.1, -0.05) is 30.3 Å². The third-order valence-electron chi connectivity index (χ3n) is 7.22. The first-order valence-corrected chi connectivity index (χ1v) is 12.6. The minimum Gasteiger partial charge on any atom is -0.481 e. The standard InChI is InChI=1S/C29H31N3O4/c1-19-13-20-5-3-2-4-12-36-29-30-16-24(17-31-29)26(15-27(33)34)22-8-7-21-10-11-32(18-23(21)14-22)28(35)25(19)9-6-20/h6-9,13-14,16-17,26H,2-5,10-12,15,18H2,1H3,(H,33,34). The lowest BCUT2D eigenvalue weighted by molar-refractivity contribution is -0.137. The summed E-state index contributed by atoms with van der Waals surface area (Å²) < 4.78 is 5.72. The Labute approximate surface area is 211 Å². The molecule has 5 aliphatic rings. The van der Waals surface area contributed by atoms with Crippen LogP contribution in [0.5, 0.6) is 6.01 Å². The van der Waals surface area contributed by atoms with Gasteiger partial charge in [0.25, 0.3) is 5.91 Å². The number of aromatic nitrogens is 2. The van der Waals surface area contributed by atoms with Crippen LogP contribution in [0.4, 0.5) is 0 Å². The molecule has 1 unspecified atom stereocenters. The van der Waals surface area contributed by atoms with Crippen molar-refractivity contribution in [2.45, 2.75) is 57.9 Å². The van der Waals surface area contributed by atoms with Gasteiger partial charge in [0.05, 0.1) is 13.0 Å². The summed E-state index contributed by atoms with van der Waals surface area (Å²) in [6, 6.07) is 12.6. The minimum absolute atomic E-state index is 0.0456. The molecule has 7 bridgehead atoms. The molecule has 0 saturated heterocycles. The van der Waals surface area contributed by atoms with Gasteiger partial charge in [0.2, 0.25) is 0 Å². The molecule has 7 nitrogen and oxygen atoms in total. The van der Waals surface area contributed by atoms with Crippen LogP contribution in [0, 0.1) is 6.92 Å². The third kappa shape index (κ3) is 5.25. The fourth-order valence-corrected chi connectivity index (χ4v) is 5.21. The molecular weight excluding hydrogens is 454 g/mol. The monoisotopic (exact) mass is 485 g/mol. The summed E-state index contributed by atoms with van der Waals surface area (Å²) in [6.45, 7) is 3.72. The van der Waals surface area contributed by atoms with Crippen molar-refractivity contribution in [2.75, 3.05) is 13.2 Å². The number of carboxylic acid groups (broad SMARTS) is 1. The van der Waals surface area contributed by atoms with Crippen molar-refractivity contribution >= 4 is 11.9 Å². The van der Waals surface area contributed by atoms with Crippen LogP contribution in [0.25, 0.3) is 0 Å². The van der Waals surface area contributed by atoms with Crippen molar-refractivity contribution in [1.29, 1.82) is 0 Å². The van der Waals surface area contributed by atoms with E-state index >= 15 is 0 Å². The molecular formula is C29H31N3O4. The minimum atomic E-state index is -0.890. The van der Waals surface area contributed by atoms with Crippen LogP contribution in [0.2, 0.25) is 0 Å². The second-order valence-corrected chi connectivity index (χ2v) is 9.76. The topological polar surface area (TPSA) is 92.6 Å². The molecule has 8 rings (SSSR count). The Morgan fingerprint density at radius 2 is 1.86 bits per heavy atom. The molecule has 0 aliphatic carbocycles. The maximum absolute atomic E-state index is 13.5. The molecule has 2 aromatic carbocycles. The second kappa shape index (κ2) is 10.5. The molecule has 3 aromatic rings. The van der Waals surface area contributed by atoms with E-state index in [4.69, 9.17) is 4.74 Å². The Kier molecular flexibility index (Phi) is 6.98. The predicted molar refractivity (Wildman–Crippen MR) is 135 cm³/mol. The zero-order chi connectivity index (χ0) is 25.1. The van der Waals surface area contributed by atoms with Crippen molar-refractivity contribution in [3.63, 3.8) is 0 Å². The predicted octanol–water partition coefficient (Wildman–Crippen LogP) is 4.70. The molecule has 0 fully saturated rings. The Morgan fingerprint density at radius 1 is 1.03 bits per heavy atom. The van der Waals surface area contributed by atoms with E-state index in [1.54, 1.807) is 12.4 Å². The molecule has 5 aliphatic heterocycles. The van der Waals surface area contributed by atoms with E-state index in [1.807, 2.05) is 30.0 Å². The van der Waals surface area contributed by atoms with E-state index in [-0.39, 0.29) is 12.3 Å². The van der Waals surface area contributed by atoms with E-state index in [9.17, 15) is 14.7 Å². The summed E-state index contributed by atoms with van der Waals surface area (Å²) in [4.78, 5) is 35.8. The smallest absolute Gasteiger partial charge is 0.316 e. The van der Waals surface area contributed by atoms with Crippen LogP contribution < -0.4 is 4.74 Å². The first kappa shape index (κ1) is 24.0. The van der Waals surface area contributed by atoms with Crippen LogP contribution in [-0.4, -0.2) is 45.0 Å². The highest BCUT2D eigenvalue weighted by molar-refractivity contribution is 5.95. The van der Waals surface area contributed by atoms with Crippen molar-refractivity contribution in [3.8, 4) is 6.01 Å². The molecule has 0 saturated carbocycles.